The van der Waals surface area contributed by atoms with Gasteiger partial charge in [-0.25, -0.2) is 13.1 Å². The van der Waals surface area contributed by atoms with E-state index in [1.54, 1.807) is 24.3 Å². The molecule has 0 aliphatic heterocycles. The summed E-state index contributed by atoms with van der Waals surface area (Å²) in [6, 6.07) is 16.1. The molecule has 0 radical (unpaired) electrons. The first-order valence-electron chi connectivity index (χ1n) is 6.69. The Morgan fingerprint density at radius 2 is 1.68 bits per heavy atom. The third-order valence-electron chi connectivity index (χ3n) is 3.25. The lowest BCUT2D eigenvalue weighted by molar-refractivity contribution is 0.551. The lowest BCUT2D eigenvalue weighted by atomic mass is 10.2. The highest BCUT2D eigenvalue weighted by Crippen LogP contribution is 2.19. The maximum Gasteiger partial charge on any atom is 0.272 e. The highest BCUT2D eigenvalue weighted by atomic mass is 32.2. The van der Waals surface area contributed by atoms with Crippen LogP contribution in [0.15, 0.2) is 64.6 Å². The fourth-order valence-electron chi connectivity index (χ4n) is 2.07. The van der Waals surface area contributed by atoms with E-state index in [-0.39, 0.29) is 10.1 Å². The lowest BCUT2D eigenvalue weighted by Crippen LogP contribution is -2.13. The van der Waals surface area contributed by atoms with E-state index >= 15 is 0 Å². The fourth-order valence-corrected chi connectivity index (χ4v) is 3.30. The molecular weight excluding hydrogens is 300 g/mol. The molecular formula is C15H14N4O2S. The molecule has 0 fully saturated rings. The fraction of sp³-hybridized carbons (Fsp3) is 0.133. The van der Waals surface area contributed by atoms with Gasteiger partial charge in [-0.3, -0.25) is 0 Å². The number of hydrogen-bond acceptors (Lipinski definition) is 5. The SMILES string of the molecule is Cc1ccc(S(=O)(=O)c2nnnn2Cc2ccccc2)cc1. The summed E-state index contributed by atoms with van der Waals surface area (Å²) < 4.78 is 26.6. The van der Waals surface area contributed by atoms with Crippen LogP contribution < -0.4 is 0 Å². The Hall–Kier alpha value is -2.54. The van der Waals surface area contributed by atoms with Crippen LogP contribution in [0.4, 0.5) is 0 Å². The van der Waals surface area contributed by atoms with Crippen molar-refractivity contribution in [3.63, 3.8) is 0 Å². The summed E-state index contributed by atoms with van der Waals surface area (Å²) in [5, 5.41) is 10.9. The van der Waals surface area contributed by atoms with E-state index in [2.05, 4.69) is 15.5 Å². The van der Waals surface area contributed by atoms with Gasteiger partial charge in [0.25, 0.3) is 5.16 Å². The highest BCUT2D eigenvalue weighted by molar-refractivity contribution is 7.91. The van der Waals surface area contributed by atoms with Crippen molar-refractivity contribution >= 4 is 9.84 Å². The van der Waals surface area contributed by atoms with Crippen LogP contribution in [-0.2, 0) is 16.4 Å². The van der Waals surface area contributed by atoms with Gasteiger partial charge in [0.1, 0.15) is 0 Å². The van der Waals surface area contributed by atoms with Gasteiger partial charge in [-0.05, 0) is 35.0 Å². The van der Waals surface area contributed by atoms with E-state index in [1.807, 2.05) is 37.3 Å². The molecule has 1 heterocycles. The lowest BCUT2D eigenvalue weighted by Gasteiger charge is -2.06. The number of sulfone groups is 1. The summed E-state index contributed by atoms with van der Waals surface area (Å²) in [5.74, 6) is 0. The van der Waals surface area contributed by atoms with Crippen molar-refractivity contribution in [1.82, 2.24) is 20.2 Å². The van der Waals surface area contributed by atoms with E-state index < -0.39 is 9.84 Å². The van der Waals surface area contributed by atoms with E-state index in [0.717, 1.165) is 11.1 Å². The first-order valence-corrected chi connectivity index (χ1v) is 8.17. The second-order valence-electron chi connectivity index (χ2n) is 4.92. The van der Waals surface area contributed by atoms with Crippen molar-refractivity contribution in [2.45, 2.75) is 23.5 Å². The van der Waals surface area contributed by atoms with Crippen molar-refractivity contribution in [1.29, 1.82) is 0 Å². The molecule has 3 aromatic rings. The Bertz CT molecular complexity index is 871. The third-order valence-corrected chi connectivity index (χ3v) is 4.91. The average molecular weight is 314 g/mol. The monoisotopic (exact) mass is 314 g/mol. The maximum absolute atomic E-state index is 12.7. The molecule has 112 valence electrons. The molecule has 6 nitrogen and oxygen atoms in total. The van der Waals surface area contributed by atoms with Crippen LogP contribution >= 0.6 is 0 Å². The Morgan fingerprint density at radius 1 is 1.00 bits per heavy atom. The van der Waals surface area contributed by atoms with Gasteiger partial charge >= 0.3 is 0 Å². The molecule has 1 aromatic heterocycles. The molecule has 0 aliphatic rings. The average Bonchev–Trinajstić information content (AvgIpc) is 2.98. The second kappa shape index (κ2) is 5.69. The van der Waals surface area contributed by atoms with Crippen LogP contribution in [0, 0.1) is 6.92 Å². The Balaban J connectivity index is 1.99. The molecule has 3 rings (SSSR count). The van der Waals surface area contributed by atoms with Gasteiger partial charge in [-0.2, -0.15) is 0 Å². The van der Waals surface area contributed by atoms with Gasteiger partial charge in [0.05, 0.1) is 11.4 Å². The van der Waals surface area contributed by atoms with Gasteiger partial charge in [-0.15, -0.1) is 0 Å². The van der Waals surface area contributed by atoms with Crippen LogP contribution in [0.2, 0.25) is 0 Å². The second-order valence-corrected chi connectivity index (χ2v) is 6.76. The number of tetrazole rings is 1. The summed E-state index contributed by atoms with van der Waals surface area (Å²) >= 11 is 0. The van der Waals surface area contributed by atoms with Crippen LogP contribution in [0.3, 0.4) is 0 Å². The van der Waals surface area contributed by atoms with Gasteiger partial charge in [-0.1, -0.05) is 53.1 Å². The molecule has 0 saturated heterocycles. The zero-order valence-corrected chi connectivity index (χ0v) is 12.7. The molecule has 0 N–H and O–H groups in total. The molecule has 0 bridgehead atoms. The number of benzene rings is 2. The molecule has 0 atom stereocenters. The smallest absolute Gasteiger partial charge is 0.215 e. The van der Waals surface area contributed by atoms with Crippen LogP contribution in [0.1, 0.15) is 11.1 Å². The van der Waals surface area contributed by atoms with Crippen molar-refractivity contribution in [3.8, 4) is 0 Å². The summed E-state index contributed by atoms with van der Waals surface area (Å²) in [7, 11) is -3.74. The minimum Gasteiger partial charge on any atom is -0.215 e. The Labute approximate surface area is 128 Å². The van der Waals surface area contributed by atoms with E-state index in [0.29, 0.717) is 6.54 Å². The molecule has 7 heteroatoms. The summed E-state index contributed by atoms with van der Waals surface area (Å²) in [6.07, 6.45) is 0. The minimum absolute atomic E-state index is 0.153. The zero-order valence-electron chi connectivity index (χ0n) is 11.9. The van der Waals surface area contributed by atoms with Crippen LogP contribution in [0.25, 0.3) is 0 Å². The summed E-state index contributed by atoms with van der Waals surface area (Å²) in [6.45, 7) is 2.20. The van der Waals surface area contributed by atoms with Crippen molar-refractivity contribution < 1.29 is 8.42 Å². The number of aryl methyl sites for hydroxylation is 1. The molecule has 0 saturated carbocycles. The van der Waals surface area contributed by atoms with E-state index in [9.17, 15) is 8.42 Å². The van der Waals surface area contributed by atoms with Crippen LogP contribution in [-0.4, -0.2) is 28.6 Å². The van der Waals surface area contributed by atoms with Crippen molar-refractivity contribution in [2.75, 3.05) is 0 Å². The topological polar surface area (TPSA) is 77.7 Å². The first kappa shape index (κ1) is 14.4. The molecule has 0 unspecified atom stereocenters. The van der Waals surface area contributed by atoms with Gasteiger partial charge in [0.15, 0.2) is 0 Å². The van der Waals surface area contributed by atoms with Crippen molar-refractivity contribution in [3.05, 3.63) is 65.7 Å². The first-order chi connectivity index (χ1) is 10.6. The predicted octanol–water partition coefficient (Wildman–Crippen LogP) is 1.86. The molecule has 0 aliphatic carbocycles. The highest BCUT2D eigenvalue weighted by Gasteiger charge is 2.25. The number of rotatable bonds is 4. The molecule has 2 aromatic carbocycles. The maximum atomic E-state index is 12.7. The van der Waals surface area contributed by atoms with Gasteiger partial charge in [0, 0.05) is 0 Å². The standard InChI is InChI=1S/C15H14N4O2S/c1-12-7-9-14(10-8-12)22(20,21)15-16-17-18-19(15)11-13-5-3-2-4-6-13/h2-10H,11H2,1H3. The summed E-state index contributed by atoms with van der Waals surface area (Å²) in [5.41, 5.74) is 1.91. The van der Waals surface area contributed by atoms with E-state index in [4.69, 9.17) is 0 Å². The number of aromatic nitrogens is 4. The van der Waals surface area contributed by atoms with Gasteiger partial charge in [0.2, 0.25) is 9.84 Å². The zero-order chi connectivity index (χ0) is 15.6. The van der Waals surface area contributed by atoms with E-state index in [1.165, 1.54) is 4.68 Å². The number of hydrogen-bond donors (Lipinski definition) is 0. The third kappa shape index (κ3) is 2.75. The normalized spacial score (nSPS) is 11.5. The molecule has 0 amide bonds. The quantitative estimate of drug-likeness (QED) is 0.734. The molecule has 0 spiro atoms. The Morgan fingerprint density at radius 3 is 2.36 bits per heavy atom. The largest absolute Gasteiger partial charge is 0.272 e. The van der Waals surface area contributed by atoms with Crippen LogP contribution in [0.5, 0.6) is 0 Å². The van der Waals surface area contributed by atoms with Gasteiger partial charge < -0.3 is 0 Å². The minimum atomic E-state index is -3.74. The van der Waals surface area contributed by atoms with Crippen molar-refractivity contribution in [2.24, 2.45) is 0 Å². The molecule has 22 heavy (non-hydrogen) atoms. The predicted molar refractivity (Wildman–Crippen MR) is 80.0 cm³/mol. The Kier molecular flexibility index (Phi) is 3.72. The summed E-state index contributed by atoms with van der Waals surface area (Å²) in [4.78, 5) is 0.183. The number of nitrogens with zero attached hydrogens (tertiary/aromatic N) is 4.